The van der Waals surface area contributed by atoms with Crippen LogP contribution in [0.3, 0.4) is 0 Å². The van der Waals surface area contributed by atoms with E-state index in [1.807, 2.05) is 5.32 Å². The number of aliphatic imine (C=N–C) groups is 1. The van der Waals surface area contributed by atoms with E-state index in [2.05, 4.69) is 15.6 Å². The van der Waals surface area contributed by atoms with Gasteiger partial charge in [0.15, 0.2) is 5.96 Å². The van der Waals surface area contributed by atoms with Crippen LogP contribution in [0.5, 0.6) is 5.75 Å². The van der Waals surface area contributed by atoms with Crippen LogP contribution in [-0.2, 0) is 30.4 Å². The number of aliphatic hydroxyl groups is 1. The number of carboxylic acids is 1. The van der Waals surface area contributed by atoms with Crippen molar-refractivity contribution < 1.29 is 39.3 Å². The van der Waals surface area contributed by atoms with Gasteiger partial charge >= 0.3 is 5.97 Å². The van der Waals surface area contributed by atoms with Crippen molar-refractivity contribution in [1.29, 1.82) is 0 Å². The number of benzene rings is 1. The molecule has 16 nitrogen and oxygen atoms in total. The molecule has 4 amide bonds. The van der Waals surface area contributed by atoms with E-state index in [9.17, 15) is 29.1 Å². The molecule has 14 N–H and O–H groups in total. The van der Waals surface area contributed by atoms with Crippen LogP contribution in [0, 0.1) is 0 Å². The van der Waals surface area contributed by atoms with Crippen LogP contribution in [0.25, 0.3) is 0 Å². The number of carboxylic acid groups (broad SMARTS) is 1. The molecule has 1 aromatic rings. The number of amides is 4. The standard InChI is InChI=1S/C22H34N8O8/c23-13(2-1-7-27-22(25)26)18(34)28-14(8-11-3-5-12(32)6-4-11)19(35)29-15(9-17(24)33)20(36)30-16(10-31)21(37)38/h3-6,13-16,31-32H,1-2,7-10,23H2,(H2,24,33)(H,28,34)(H,29,35)(H,30,36)(H,37,38)(H4,25,26,27). The smallest absolute Gasteiger partial charge is 0.328 e. The topological polar surface area (TPSA) is 299 Å². The quantitative estimate of drug-likeness (QED) is 0.0545. The fraction of sp³-hybridized carbons (Fsp3) is 0.455. The molecule has 1 rings (SSSR count). The molecule has 210 valence electrons. The average molecular weight is 539 g/mol. The van der Waals surface area contributed by atoms with Crippen LogP contribution in [-0.4, -0.2) is 88.2 Å². The molecule has 4 atom stereocenters. The molecule has 16 heteroatoms. The Bertz CT molecular complexity index is 1010. The summed E-state index contributed by atoms with van der Waals surface area (Å²) in [6.07, 6.45) is -0.240. The summed E-state index contributed by atoms with van der Waals surface area (Å²) in [6, 6.07) is 0.0986. The number of nitrogens with two attached hydrogens (primary N) is 4. The van der Waals surface area contributed by atoms with Gasteiger partial charge in [-0.2, -0.15) is 0 Å². The molecule has 0 radical (unpaired) electrons. The zero-order valence-electron chi connectivity index (χ0n) is 20.5. The number of nitrogens with zero attached hydrogens (tertiary/aromatic N) is 1. The van der Waals surface area contributed by atoms with E-state index in [0.29, 0.717) is 12.0 Å². The summed E-state index contributed by atoms with van der Waals surface area (Å²) in [6.45, 7) is -0.714. The van der Waals surface area contributed by atoms with Gasteiger partial charge in [0, 0.05) is 13.0 Å². The number of primary amides is 1. The Morgan fingerprint density at radius 1 is 0.868 bits per heavy atom. The Morgan fingerprint density at radius 3 is 1.95 bits per heavy atom. The van der Waals surface area contributed by atoms with Gasteiger partial charge in [0.2, 0.25) is 23.6 Å². The minimum Gasteiger partial charge on any atom is -0.508 e. The molecule has 0 fully saturated rings. The highest BCUT2D eigenvalue weighted by Gasteiger charge is 2.31. The van der Waals surface area contributed by atoms with Gasteiger partial charge < -0.3 is 54.2 Å². The van der Waals surface area contributed by atoms with E-state index >= 15 is 0 Å². The lowest BCUT2D eigenvalue weighted by molar-refractivity contribution is -0.143. The summed E-state index contributed by atoms with van der Waals surface area (Å²) in [5.74, 6) is -5.37. The molecule has 0 aromatic heterocycles. The molecule has 0 aliphatic carbocycles. The summed E-state index contributed by atoms with van der Waals surface area (Å²) < 4.78 is 0. The van der Waals surface area contributed by atoms with Crippen molar-refractivity contribution in [3.8, 4) is 5.75 Å². The fourth-order valence-electron chi connectivity index (χ4n) is 3.15. The zero-order chi connectivity index (χ0) is 28.8. The molecule has 0 heterocycles. The summed E-state index contributed by atoms with van der Waals surface area (Å²) in [4.78, 5) is 64.8. The average Bonchev–Trinajstić information content (AvgIpc) is 2.84. The van der Waals surface area contributed by atoms with Gasteiger partial charge in [-0.3, -0.25) is 24.2 Å². The fourth-order valence-corrected chi connectivity index (χ4v) is 3.15. The van der Waals surface area contributed by atoms with Crippen molar-refractivity contribution in [2.24, 2.45) is 27.9 Å². The second-order valence-electron chi connectivity index (χ2n) is 8.30. The number of hydrogen-bond acceptors (Lipinski definition) is 9. The van der Waals surface area contributed by atoms with E-state index in [-0.39, 0.29) is 31.1 Å². The van der Waals surface area contributed by atoms with Gasteiger partial charge in [0.25, 0.3) is 0 Å². The van der Waals surface area contributed by atoms with Gasteiger partial charge in [0.1, 0.15) is 23.9 Å². The Balaban J connectivity index is 3.07. The van der Waals surface area contributed by atoms with Crippen molar-refractivity contribution in [3.05, 3.63) is 29.8 Å². The molecule has 4 unspecified atom stereocenters. The first kappa shape index (κ1) is 31.6. The molecular weight excluding hydrogens is 504 g/mol. The highest BCUT2D eigenvalue weighted by atomic mass is 16.4. The number of aromatic hydroxyl groups is 1. The molecule has 0 saturated carbocycles. The SMILES string of the molecule is NC(=O)CC(NC(=O)C(Cc1ccc(O)cc1)NC(=O)C(N)CCCN=C(N)N)C(=O)NC(CO)C(=O)O. The Labute approximate surface area is 217 Å². The number of carbonyl (C=O) groups excluding carboxylic acids is 4. The maximum absolute atomic E-state index is 13.1. The summed E-state index contributed by atoms with van der Waals surface area (Å²) >= 11 is 0. The third-order valence-corrected chi connectivity index (χ3v) is 5.15. The van der Waals surface area contributed by atoms with Crippen molar-refractivity contribution in [2.75, 3.05) is 13.2 Å². The number of phenols is 1. The van der Waals surface area contributed by atoms with Crippen LogP contribution < -0.4 is 38.9 Å². The number of aliphatic hydroxyl groups excluding tert-OH is 1. The second-order valence-corrected chi connectivity index (χ2v) is 8.30. The Kier molecular flexibility index (Phi) is 13.0. The lowest BCUT2D eigenvalue weighted by atomic mass is 10.0. The maximum Gasteiger partial charge on any atom is 0.328 e. The molecule has 38 heavy (non-hydrogen) atoms. The minimum absolute atomic E-state index is 0.0309. The van der Waals surface area contributed by atoms with Crippen molar-refractivity contribution in [3.63, 3.8) is 0 Å². The molecular formula is C22H34N8O8. The van der Waals surface area contributed by atoms with Crippen molar-refractivity contribution in [1.82, 2.24) is 16.0 Å². The van der Waals surface area contributed by atoms with E-state index in [1.54, 1.807) is 0 Å². The molecule has 0 spiro atoms. The normalized spacial score (nSPS) is 13.7. The lowest BCUT2D eigenvalue weighted by Gasteiger charge is -2.24. The van der Waals surface area contributed by atoms with E-state index in [4.69, 9.17) is 33.1 Å². The molecule has 1 aromatic carbocycles. The third-order valence-electron chi connectivity index (χ3n) is 5.15. The second kappa shape index (κ2) is 15.6. The summed E-state index contributed by atoms with van der Waals surface area (Å²) in [7, 11) is 0. The van der Waals surface area contributed by atoms with Crippen LogP contribution in [0.15, 0.2) is 29.3 Å². The highest BCUT2D eigenvalue weighted by Crippen LogP contribution is 2.12. The van der Waals surface area contributed by atoms with Gasteiger partial charge in [0.05, 0.1) is 19.1 Å². The Hall–Kier alpha value is -4.44. The van der Waals surface area contributed by atoms with Crippen LogP contribution in [0.4, 0.5) is 0 Å². The molecule has 0 saturated heterocycles. The number of aliphatic carboxylic acids is 1. The van der Waals surface area contributed by atoms with Gasteiger partial charge in [-0.15, -0.1) is 0 Å². The summed E-state index contributed by atoms with van der Waals surface area (Å²) in [5.41, 5.74) is 22.1. The maximum atomic E-state index is 13.1. The highest BCUT2D eigenvalue weighted by molar-refractivity contribution is 5.96. The van der Waals surface area contributed by atoms with E-state index < -0.39 is 66.8 Å². The van der Waals surface area contributed by atoms with Crippen molar-refractivity contribution in [2.45, 2.75) is 49.9 Å². The molecule has 0 bridgehead atoms. The number of hydrogen-bond donors (Lipinski definition) is 10. The number of phenolic OH excluding ortho intramolecular Hbond substituents is 1. The third kappa shape index (κ3) is 11.5. The van der Waals surface area contributed by atoms with Crippen molar-refractivity contribution >= 4 is 35.6 Å². The Morgan fingerprint density at radius 2 is 1.42 bits per heavy atom. The predicted molar refractivity (Wildman–Crippen MR) is 134 cm³/mol. The first-order valence-corrected chi connectivity index (χ1v) is 11.5. The van der Waals surface area contributed by atoms with Crippen LogP contribution in [0.2, 0.25) is 0 Å². The first-order chi connectivity index (χ1) is 17.8. The lowest BCUT2D eigenvalue weighted by Crippen LogP contribution is -2.58. The first-order valence-electron chi connectivity index (χ1n) is 11.5. The van der Waals surface area contributed by atoms with E-state index in [0.717, 1.165) is 0 Å². The van der Waals surface area contributed by atoms with Gasteiger partial charge in [-0.1, -0.05) is 12.1 Å². The molecule has 0 aliphatic heterocycles. The largest absolute Gasteiger partial charge is 0.508 e. The number of nitrogens with one attached hydrogen (secondary N) is 3. The monoisotopic (exact) mass is 538 g/mol. The minimum atomic E-state index is -1.70. The van der Waals surface area contributed by atoms with Gasteiger partial charge in [-0.05, 0) is 30.5 Å². The van der Waals surface area contributed by atoms with Crippen LogP contribution >= 0.6 is 0 Å². The number of carbonyl (C=O) groups is 5. The van der Waals surface area contributed by atoms with E-state index in [1.165, 1.54) is 24.3 Å². The van der Waals surface area contributed by atoms with Crippen LogP contribution in [0.1, 0.15) is 24.8 Å². The zero-order valence-corrected chi connectivity index (χ0v) is 20.5. The summed E-state index contributed by atoms with van der Waals surface area (Å²) in [5, 5.41) is 34.5. The number of guanidine groups is 1. The predicted octanol–water partition coefficient (Wildman–Crippen LogP) is -4.28. The van der Waals surface area contributed by atoms with Gasteiger partial charge in [-0.25, -0.2) is 4.79 Å². The molecule has 0 aliphatic rings. The number of rotatable bonds is 16.